The lowest BCUT2D eigenvalue weighted by molar-refractivity contribution is -0.137. The van der Waals surface area contributed by atoms with Crippen LogP contribution < -0.4 is 10.6 Å². The first-order valence-electron chi connectivity index (χ1n) is 12.6. The standard InChI is InChI=1S/C28H34N2O5/c1-2-18(15-16-26(31)32)29-27(33)23-13-7-8-14-25(23)30-28(34)35-17-24-21-11-5-3-9-19(21)20-10-4-6-12-22(20)24/h3-6,9-12,18,23-25H,2,7-8,13-17H2,1H3,(H,29,33)(H,30,34)(H,31,32)/t18?,23-,25+/m1/s1. The molecule has 7 heteroatoms. The number of carbonyl (C=O) groups excluding carboxylic acids is 2. The van der Waals surface area contributed by atoms with E-state index in [-0.39, 0.29) is 42.9 Å². The third kappa shape index (κ3) is 5.84. The van der Waals surface area contributed by atoms with E-state index in [1.54, 1.807) is 0 Å². The van der Waals surface area contributed by atoms with Gasteiger partial charge in [-0.3, -0.25) is 9.59 Å². The molecule has 7 nitrogen and oxygen atoms in total. The van der Waals surface area contributed by atoms with Gasteiger partial charge in [-0.05, 0) is 47.9 Å². The molecular weight excluding hydrogens is 444 g/mol. The van der Waals surface area contributed by atoms with Crippen molar-refractivity contribution < 1.29 is 24.2 Å². The van der Waals surface area contributed by atoms with Crippen molar-refractivity contribution in [2.45, 2.75) is 69.9 Å². The summed E-state index contributed by atoms with van der Waals surface area (Å²) < 4.78 is 5.69. The van der Waals surface area contributed by atoms with E-state index in [2.05, 4.69) is 34.9 Å². The summed E-state index contributed by atoms with van der Waals surface area (Å²) in [5.74, 6) is -1.35. The predicted octanol–water partition coefficient (Wildman–Crippen LogP) is 4.84. The summed E-state index contributed by atoms with van der Waals surface area (Å²) in [6.07, 6.45) is 3.84. The Morgan fingerprint density at radius 1 is 1.00 bits per heavy atom. The van der Waals surface area contributed by atoms with E-state index in [0.717, 1.165) is 24.0 Å². The molecule has 2 aromatic carbocycles. The van der Waals surface area contributed by atoms with Crippen molar-refractivity contribution in [2.24, 2.45) is 5.92 Å². The monoisotopic (exact) mass is 478 g/mol. The van der Waals surface area contributed by atoms with E-state index in [1.807, 2.05) is 31.2 Å². The van der Waals surface area contributed by atoms with Gasteiger partial charge in [-0.25, -0.2) is 4.79 Å². The normalized spacial score (nSPS) is 19.8. The van der Waals surface area contributed by atoms with E-state index in [1.165, 1.54) is 11.1 Å². The number of amides is 2. The van der Waals surface area contributed by atoms with Gasteiger partial charge in [0.2, 0.25) is 5.91 Å². The molecule has 2 aliphatic carbocycles. The molecular formula is C28H34N2O5. The van der Waals surface area contributed by atoms with Crippen LogP contribution in [0, 0.1) is 5.92 Å². The maximum absolute atomic E-state index is 13.0. The van der Waals surface area contributed by atoms with Crippen LogP contribution in [0.25, 0.3) is 11.1 Å². The Kier molecular flexibility index (Phi) is 8.06. The van der Waals surface area contributed by atoms with Crippen LogP contribution >= 0.6 is 0 Å². The Morgan fingerprint density at radius 2 is 1.63 bits per heavy atom. The molecule has 35 heavy (non-hydrogen) atoms. The Bertz CT molecular complexity index is 1020. The number of aliphatic carboxylic acids is 1. The van der Waals surface area contributed by atoms with Gasteiger partial charge in [-0.1, -0.05) is 68.3 Å². The fourth-order valence-corrected chi connectivity index (χ4v) is 5.39. The molecule has 0 bridgehead atoms. The highest BCUT2D eigenvalue weighted by atomic mass is 16.5. The number of rotatable bonds is 9. The van der Waals surface area contributed by atoms with Gasteiger partial charge < -0.3 is 20.5 Å². The van der Waals surface area contributed by atoms with Gasteiger partial charge in [-0.2, -0.15) is 0 Å². The Balaban J connectivity index is 1.35. The van der Waals surface area contributed by atoms with Crippen LogP contribution in [0.2, 0.25) is 0 Å². The number of hydrogen-bond donors (Lipinski definition) is 3. The molecule has 0 saturated heterocycles. The maximum atomic E-state index is 13.0. The highest BCUT2D eigenvalue weighted by molar-refractivity contribution is 5.81. The molecule has 3 atom stereocenters. The van der Waals surface area contributed by atoms with E-state index in [9.17, 15) is 14.4 Å². The summed E-state index contributed by atoms with van der Waals surface area (Å²) in [6, 6.07) is 15.9. The predicted molar refractivity (Wildman–Crippen MR) is 133 cm³/mol. The van der Waals surface area contributed by atoms with Gasteiger partial charge in [0.05, 0.1) is 5.92 Å². The van der Waals surface area contributed by atoms with E-state index >= 15 is 0 Å². The molecule has 0 spiro atoms. The third-order valence-corrected chi connectivity index (χ3v) is 7.30. The van der Waals surface area contributed by atoms with Gasteiger partial charge in [0, 0.05) is 24.4 Å². The van der Waals surface area contributed by atoms with Gasteiger partial charge >= 0.3 is 12.1 Å². The molecule has 0 aliphatic heterocycles. The number of benzene rings is 2. The minimum absolute atomic E-state index is 0.0156. The molecule has 1 unspecified atom stereocenters. The van der Waals surface area contributed by atoms with Crippen molar-refractivity contribution in [2.75, 3.05) is 6.61 Å². The first-order chi connectivity index (χ1) is 17.0. The molecule has 186 valence electrons. The minimum atomic E-state index is -0.870. The smallest absolute Gasteiger partial charge is 0.407 e. The SMILES string of the molecule is CCC(CCC(=O)O)NC(=O)[C@@H]1CCCC[C@@H]1NC(=O)OCC1c2ccccc2-c2ccccc21. The van der Waals surface area contributed by atoms with Crippen LogP contribution in [0.15, 0.2) is 48.5 Å². The molecule has 4 rings (SSSR count). The van der Waals surface area contributed by atoms with Crippen LogP contribution in [0.1, 0.15) is 68.9 Å². The number of carboxylic acids is 1. The number of fused-ring (bicyclic) bond motifs is 3. The van der Waals surface area contributed by atoms with Crippen LogP contribution in [0.4, 0.5) is 4.79 Å². The Hall–Kier alpha value is -3.35. The average Bonchev–Trinajstić information content (AvgIpc) is 3.19. The van der Waals surface area contributed by atoms with Crippen molar-refractivity contribution >= 4 is 18.0 Å². The van der Waals surface area contributed by atoms with Crippen molar-refractivity contribution in [3.63, 3.8) is 0 Å². The lowest BCUT2D eigenvalue weighted by atomic mass is 9.83. The average molecular weight is 479 g/mol. The number of hydrogen-bond acceptors (Lipinski definition) is 4. The maximum Gasteiger partial charge on any atom is 0.407 e. The fourth-order valence-electron chi connectivity index (χ4n) is 5.39. The van der Waals surface area contributed by atoms with Crippen LogP contribution in [-0.2, 0) is 14.3 Å². The number of carbonyl (C=O) groups is 3. The second-order valence-corrected chi connectivity index (χ2v) is 9.51. The zero-order valence-corrected chi connectivity index (χ0v) is 20.2. The van der Waals surface area contributed by atoms with Crippen LogP contribution in [-0.4, -0.2) is 41.8 Å². The van der Waals surface area contributed by atoms with Gasteiger partial charge in [0.15, 0.2) is 0 Å². The number of ether oxygens (including phenoxy) is 1. The molecule has 2 aliphatic rings. The minimum Gasteiger partial charge on any atom is -0.481 e. The zero-order valence-electron chi connectivity index (χ0n) is 20.2. The van der Waals surface area contributed by atoms with Gasteiger partial charge in [0.25, 0.3) is 0 Å². The molecule has 0 radical (unpaired) electrons. The summed E-state index contributed by atoms with van der Waals surface area (Å²) in [5.41, 5.74) is 4.66. The van der Waals surface area contributed by atoms with Gasteiger partial charge in [0.1, 0.15) is 6.61 Å². The Morgan fingerprint density at radius 3 is 2.26 bits per heavy atom. The van der Waals surface area contributed by atoms with Crippen molar-refractivity contribution in [1.82, 2.24) is 10.6 Å². The summed E-state index contributed by atoms with van der Waals surface area (Å²) in [7, 11) is 0. The topological polar surface area (TPSA) is 105 Å². The van der Waals surface area contributed by atoms with Gasteiger partial charge in [-0.15, -0.1) is 0 Å². The van der Waals surface area contributed by atoms with E-state index in [0.29, 0.717) is 25.7 Å². The third-order valence-electron chi connectivity index (χ3n) is 7.30. The van der Waals surface area contributed by atoms with Crippen molar-refractivity contribution in [3.8, 4) is 11.1 Å². The van der Waals surface area contributed by atoms with Crippen molar-refractivity contribution in [1.29, 1.82) is 0 Å². The molecule has 2 aromatic rings. The summed E-state index contributed by atoms with van der Waals surface area (Å²) >= 11 is 0. The first-order valence-corrected chi connectivity index (χ1v) is 12.6. The molecule has 1 saturated carbocycles. The van der Waals surface area contributed by atoms with E-state index < -0.39 is 12.1 Å². The Labute approximate surface area is 206 Å². The second kappa shape index (κ2) is 11.4. The lowest BCUT2D eigenvalue weighted by Crippen LogP contribution is -2.50. The number of alkyl carbamates (subject to hydrolysis) is 1. The number of nitrogens with one attached hydrogen (secondary N) is 2. The second-order valence-electron chi connectivity index (χ2n) is 9.51. The highest BCUT2D eigenvalue weighted by Crippen LogP contribution is 2.44. The van der Waals surface area contributed by atoms with Crippen LogP contribution in [0.3, 0.4) is 0 Å². The van der Waals surface area contributed by atoms with E-state index in [4.69, 9.17) is 9.84 Å². The molecule has 3 N–H and O–H groups in total. The molecule has 2 amide bonds. The quantitative estimate of drug-likeness (QED) is 0.478. The highest BCUT2D eigenvalue weighted by Gasteiger charge is 2.34. The van der Waals surface area contributed by atoms with Crippen LogP contribution in [0.5, 0.6) is 0 Å². The summed E-state index contributed by atoms with van der Waals surface area (Å²) in [4.78, 5) is 36.7. The zero-order chi connectivity index (χ0) is 24.8. The molecule has 1 fully saturated rings. The summed E-state index contributed by atoms with van der Waals surface area (Å²) in [6.45, 7) is 2.16. The molecule has 0 aromatic heterocycles. The summed E-state index contributed by atoms with van der Waals surface area (Å²) in [5, 5.41) is 14.9. The largest absolute Gasteiger partial charge is 0.481 e. The number of carboxylic acid groups (broad SMARTS) is 1. The lowest BCUT2D eigenvalue weighted by Gasteiger charge is -2.32. The molecule has 0 heterocycles. The first kappa shape index (κ1) is 24.8. The fraction of sp³-hybridized carbons (Fsp3) is 0.464. The van der Waals surface area contributed by atoms with Crippen molar-refractivity contribution in [3.05, 3.63) is 59.7 Å².